The van der Waals surface area contributed by atoms with Gasteiger partial charge < -0.3 is 9.80 Å². The van der Waals surface area contributed by atoms with Crippen LogP contribution in [-0.2, 0) is 4.79 Å². The molecule has 1 aliphatic rings. The molecule has 2 heterocycles. The molecule has 1 aliphatic heterocycles. The second-order valence-electron chi connectivity index (χ2n) is 6.24. The van der Waals surface area contributed by atoms with E-state index in [4.69, 9.17) is 4.98 Å². The molecule has 0 atom stereocenters. The van der Waals surface area contributed by atoms with Crippen LogP contribution in [0.25, 0.3) is 10.9 Å². The number of hydrogen-bond donors (Lipinski definition) is 0. The summed E-state index contributed by atoms with van der Waals surface area (Å²) in [5, 5.41) is 1.15. The normalized spacial score (nSPS) is 14.8. The summed E-state index contributed by atoms with van der Waals surface area (Å²) in [6, 6.07) is 6.20. The van der Waals surface area contributed by atoms with Crippen LogP contribution in [0.1, 0.15) is 24.1 Å². The number of anilines is 1. The van der Waals surface area contributed by atoms with Gasteiger partial charge in [0.1, 0.15) is 0 Å². The Morgan fingerprint density at radius 2 is 2.13 bits per heavy atom. The minimum absolute atomic E-state index is 0.286. The number of rotatable bonds is 4. The molecule has 1 saturated heterocycles. The van der Waals surface area contributed by atoms with Gasteiger partial charge in [0.15, 0.2) is 0 Å². The van der Waals surface area contributed by atoms with Crippen LogP contribution >= 0.6 is 15.9 Å². The van der Waals surface area contributed by atoms with Gasteiger partial charge in [-0.2, -0.15) is 0 Å². The van der Waals surface area contributed by atoms with Crippen molar-refractivity contribution in [1.29, 1.82) is 0 Å². The number of hydrogen-bond acceptors (Lipinski definition) is 3. The fraction of sp³-hybridized carbons (Fsp3) is 0.444. The lowest BCUT2D eigenvalue weighted by Crippen LogP contribution is -2.34. The Morgan fingerprint density at radius 1 is 1.35 bits per heavy atom. The molecule has 0 saturated carbocycles. The van der Waals surface area contributed by atoms with E-state index in [1.807, 2.05) is 17.0 Å². The van der Waals surface area contributed by atoms with E-state index >= 15 is 0 Å². The molecular weight excluding hydrogens is 354 g/mol. The molecule has 5 heteroatoms. The predicted octanol–water partition coefficient (Wildman–Crippen LogP) is 3.67. The number of halogens is 1. The van der Waals surface area contributed by atoms with Crippen molar-refractivity contribution in [2.75, 3.05) is 31.6 Å². The summed E-state index contributed by atoms with van der Waals surface area (Å²) in [5.74, 6) is 0.286. The molecule has 1 aromatic heterocycles. The minimum atomic E-state index is 0.286. The zero-order chi connectivity index (χ0) is 16.6. The van der Waals surface area contributed by atoms with Crippen molar-refractivity contribution in [3.63, 3.8) is 0 Å². The minimum Gasteiger partial charge on any atom is -0.372 e. The highest BCUT2D eigenvalue weighted by Crippen LogP contribution is 2.32. The Balaban J connectivity index is 1.92. The predicted molar refractivity (Wildman–Crippen MR) is 98.0 cm³/mol. The highest BCUT2D eigenvalue weighted by molar-refractivity contribution is 9.10. The summed E-state index contributed by atoms with van der Waals surface area (Å²) < 4.78 is 1.06. The highest BCUT2D eigenvalue weighted by atomic mass is 79.9. The van der Waals surface area contributed by atoms with Gasteiger partial charge in [-0.15, -0.1) is 0 Å². The smallest absolute Gasteiger partial charge is 0.222 e. The van der Waals surface area contributed by atoms with Crippen molar-refractivity contribution in [3.8, 4) is 0 Å². The van der Waals surface area contributed by atoms with Crippen LogP contribution < -0.4 is 4.90 Å². The summed E-state index contributed by atoms with van der Waals surface area (Å²) in [7, 11) is 2.10. The average Bonchev–Trinajstić information content (AvgIpc) is 2.92. The lowest BCUT2D eigenvalue weighted by atomic mass is 10.1. The topological polar surface area (TPSA) is 36.4 Å². The summed E-state index contributed by atoms with van der Waals surface area (Å²) >= 11 is 3.56. The highest BCUT2D eigenvalue weighted by Gasteiger charge is 2.21. The molecule has 1 fully saturated rings. The van der Waals surface area contributed by atoms with E-state index in [1.54, 1.807) is 0 Å². The first-order valence-corrected chi connectivity index (χ1v) is 8.82. The number of amides is 1. The number of aryl methyl sites for hydroxylation is 1. The average molecular weight is 376 g/mol. The molecule has 3 rings (SSSR count). The van der Waals surface area contributed by atoms with Crippen molar-refractivity contribution in [2.45, 2.75) is 26.7 Å². The number of aromatic nitrogens is 1. The maximum atomic E-state index is 11.8. The van der Waals surface area contributed by atoms with Gasteiger partial charge in [0.2, 0.25) is 5.91 Å². The number of pyridine rings is 1. The molecule has 0 unspecified atom stereocenters. The molecular formula is C18H22BrN3O. The van der Waals surface area contributed by atoms with Crippen LogP contribution in [0.15, 0.2) is 22.7 Å². The number of nitrogens with zero attached hydrogens (tertiary/aromatic N) is 3. The van der Waals surface area contributed by atoms with Crippen molar-refractivity contribution in [2.24, 2.45) is 0 Å². The first-order chi connectivity index (χ1) is 11.0. The first-order valence-electron chi connectivity index (χ1n) is 8.03. The summed E-state index contributed by atoms with van der Waals surface area (Å²) in [5.41, 5.74) is 4.47. The first kappa shape index (κ1) is 16.2. The summed E-state index contributed by atoms with van der Waals surface area (Å²) in [6.07, 6.45) is 1.69. The zero-order valence-electron chi connectivity index (χ0n) is 13.9. The van der Waals surface area contributed by atoms with Crippen LogP contribution in [0, 0.1) is 13.8 Å². The maximum Gasteiger partial charge on any atom is 0.222 e. The Bertz CT molecular complexity index is 760. The van der Waals surface area contributed by atoms with Gasteiger partial charge in [0.05, 0.1) is 11.2 Å². The molecule has 23 heavy (non-hydrogen) atoms. The second-order valence-corrected chi connectivity index (χ2v) is 7.15. The lowest BCUT2D eigenvalue weighted by Gasteiger charge is -2.26. The molecule has 4 nitrogen and oxygen atoms in total. The quantitative estimate of drug-likeness (QED) is 0.817. The molecule has 0 aliphatic carbocycles. The molecule has 1 amide bonds. The van der Waals surface area contributed by atoms with Crippen LogP contribution in [0.5, 0.6) is 0 Å². The van der Waals surface area contributed by atoms with Gasteiger partial charge in [0.25, 0.3) is 0 Å². The van der Waals surface area contributed by atoms with Gasteiger partial charge in [-0.25, -0.2) is 0 Å². The number of likely N-dealkylation sites (N-methyl/N-ethyl adjacent to an activating group) is 1. The van der Waals surface area contributed by atoms with E-state index < -0.39 is 0 Å². The van der Waals surface area contributed by atoms with Gasteiger partial charge in [-0.1, -0.05) is 15.9 Å². The standard InChI is InChI=1S/C18H22BrN3O/c1-12-13(2)20-16-7-6-14(19)11-15(16)18(12)21(3)9-10-22-8-4-5-17(22)23/h6-7,11H,4-5,8-10H2,1-3H3. The largest absolute Gasteiger partial charge is 0.372 e. The summed E-state index contributed by atoms with van der Waals surface area (Å²) in [6.45, 7) is 6.68. The van der Waals surface area contributed by atoms with Crippen LogP contribution in [-0.4, -0.2) is 42.5 Å². The van der Waals surface area contributed by atoms with E-state index in [-0.39, 0.29) is 5.91 Å². The van der Waals surface area contributed by atoms with Gasteiger partial charge in [0, 0.05) is 48.7 Å². The van der Waals surface area contributed by atoms with Gasteiger partial charge >= 0.3 is 0 Å². The van der Waals surface area contributed by atoms with E-state index in [1.165, 1.54) is 11.3 Å². The van der Waals surface area contributed by atoms with Gasteiger partial charge in [-0.3, -0.25) is 9.78 Å². The van der Waals surface area contributed by atoms with E-state index in [0.717, 1.165) is 47.1 Å². The second kappa shape index (κ2) is 6.48. The fourth-order valence-electron chi connectivity index (χ4n) is 3.25. The third kappa shape index (κ3) is 3.20. The van der Waals surface area contributed by atoms with Crippen LogP contribution in [0.3, 0.4) is 0 Å². The van der Waals surface area contributed by atoms with Gasteiger partial charge in [-0.05, 0) is 44.0 Å². The molecule has 1 aromatic carbocycles. The number of benzene rings is 1. The van der Waals surface area contributed by atoms with Crippen molar-refractivity contribution in [1.82, 2.24) is 9.88 Å². The molecule has 2 aromatic rings. The third-order valence-corrected chi connectivity index (χ3v) is 5.15. The van der Waals surface area contributed by atoms with E-state index in [0.29, 0.717) is 6.42 Å². The Hall–Kier alpha value is -1.62. The monoisotopic (exact) mass is 375 g/mol. The molecule has 0 radical (unpaired) electrons. The fourth-order valence-corrected chi connectivity index (χ4v) is 3.61. The number of carbonyl (C=O) groups is 1. The molecule has 122 valence electrons. The SMILES string of the molecule is Cc1nc2ccc(Br)cc2c(N(C)CCN2CCCC2=O)c1C. The van der Waals surface area contributed by atoms with E-state index in [2.05, 4.69) is 47.8 Å². The van der Waals surface area contributed by atoms with Crippen molar-refractivity contribution in [3.05, 3.63) is 33.9 Å². The number of fused-ring (bicyclic) bond motifs is 1. The van der Waals surface area contributed by atoms with Crippen LogP contribution in [0.2, 0.25) is 0 Å². The maximum absolute atomic E-state index is 11.8. The lowest BCUT2D eigenvalue weighted by molar-refractivity contribution is -0.127. The van der Waals surface area contributed by atoms with Crippen LogP contribution in [0.4, 0.5) is 5.69 Å². The summed E-state index contributed by atoms with van der Waals surface area (Å²) in [4.78, 5) is 20.7. The number of likely N-dealkylation sites (tertiary alicyclic amines) is 1. The molecule has 0 N–H and O–H groups in total. The zero-order valence-corrected chi connectivity index (χ0v) is 15.5. The molecule has 0 spiro atoms. The number of carbonyl (C=O) groups excluding carboxylic acids is 1. The Labute approximate surface area is 145 Å². The Kier molecular flexibility index (Phi) is 4.57. The third-order valence-electron chi connectivity index (χ3n) is 4.66. The van der Waals surface area contributed by atoms with Crippen molar-refractivity contribution < 1.29 is 4.79 Å². The Morgan fingerprint density at radius 3 is 2.83 bits per heavy atom. The molecule has 0 bridgehead atoms. The van der Waals surface area contributed by atoms with E-state index in [9.17, 15) is 4.79 Å². The van der Waals surface area contributed by atoms with Crippen molar-refractivity contribution >= 4 is 38.4 Å².